The molecule has 0 aliphatic carbocycles. The smallest absolute Gasteiger partial charge is 0.141 e. The van der Waals surface area contributed by atoms with Crippen molar-refractivity contribution in [1.82, 2.24) is 14.9 Å². The van der Waals surface area contributed by atoms with Crippen LogP contribution in [-0.2, 0) is 0 Å². The van der Waals surface area contributed by atoms with Crippen molar-refractivity contribution in [3.05, 3.63) is 103 Å². The maximum atomic E-state index is 4.28. The van der Waals surface area contributed by atoms with Gasteiger partial charge in [-0.1, -0.05) is 48.5 Å². The van der Waals surface area contributed by atoms with Gasteiger partial charge in [-0.2, -0.15) is 5.10 Å². The Bertz CT molecular complexity index is 923. The normalized spacial score (nSPS) is 10.9. The maximum Gasteiger partial charge on any atom is 0.141 e. The molecule has 0 atom stereocenters. The first-order valence-electron chi connectivity index (χ1n) is 8.29. The number of para-hydroxylation sites is 2. The maximum absolute atomic E-state index is 4.28. The SMILES string of the molecule is C(=N\n1cnnc1)/c1ccc(N(c2ccccc2)c2ccccc2)cc1. The predicted molar refractivity (Wildman–Crippen MR) is 104 cm³/mol. The van der Waals surface area contributed by atoms with E-state index in [1.54, 1.807) is 23.5 Å². The van der Waals surface area contributed by atoms with Crippen molar-refractivity contribution in [2.45, 2.75) is 0 Å². The summed E-state index contributed by atoms with van der Waals surface area (Å²) >= 11 is 0. The van der Waals surface area contributed by atoms with E-state index in [-0.39, 0.29) is 0 Å². The quantitative estimate of drug-likeness (QED) is 0.498. The lowest BCUT2D eigenvalue weighted by Gasteiger charge is -2.25. The van der Waals surface area contributed by atoms with Gasteiger partial charge in [0, 0.05) is 17.1 Å². The molecule has 1 heterocycles. The Balaban J connectivity index is 1.66. The molecule has 0 spiro atoms. The fourth-order valence-corrected chi connectivity index (χ4v) is 2.70. The fraction of sp³-hybridized carbons (Fsp3) is 0. The lowest BCUT2D eigenvalue weighted by atomic mass is 10.1. The molecule has 0 aliphatic rings. The zero-order valence-corrected chi connectivity index (χ0v) is 14.1. The van der Waals surface area contributed by atoms with E-state index in [9.17, 15) is 0 Å². The van der Waals surface area contributed by atoms with E-state index in [2.05, 4.69) is 56.6 Å². The standard InChI is InChI=1S/C21H17N5/c1-3-7-19(8-4-1)26(20-9-5-2-6-10-20)21-13-11-18(12-14-21)15-24-25-16-22-23-17-25/h1-17H/b24-15+. The Morgan fingerprint density at radius 2 is 1.15 bits per heavy atom. The average molecular weight is 339 g/mol. The highest BCUT2D eigenvalue weighted by atomic mass is 15.4. The van der Waals surface area contributed by atoms with Gasteiger partial charge < -0.3 is 4.90 Å². The minimum atomic E-state index is 1.00. The molecule has 0 unspecified atom stereocenters. The van der Waals surface area contributed by atoms with Gasteiger partial charge >= 0.3 is 0 Å². The zero-order valence-electron chi connectivity index (χ0n) is 14.1. The lowest BCUT2D eigenvalue weighted by molar-refractivity contribution is 0.878. The molecule has 26 heavy (non-hydrogen) atoms. The summed E-state index contributed by atoms with van der Waals surface area (Å²) < 4.78 is 1.56. The van der Waals surface area contributed by atoms with Gasteiger partial charge in [0.2, 0.25) is 0 Å². The zero-order chi connectivity index (χ0) is 17.6. The van der Waals surface area contributed by atoms with Crippen LogP contribution in [0.25, 0.3) is 0 Å². The van der Waals surface area contributed by atoms with Gasteiger partial charge in [0.25, 0.3) is 0 Å². The predicted octanol–water partition coefficient (Wildman–Crippen LogP) is 4.63. The summed E-state index contributed by atoms with van der Waals surface area (Å²) in [5, 5.41) is 11.7. The molecular weight excluding hydrogens is 322 g/mol. The topological polar surface area (TPSA) is 46.3 Å². The Kier molecular flexibility index (Phi) is 4.52. The number of rotatable bonds is 5. The Hall–Kier alpha value is -3.73. The lowest BCUT2D eigenvalue weighted by Crippen LogP contribution is -2.09. The van der Waals surface area contributed by atoms with Crippen molar-refractivity contribution in [1.29, 1.82) is 0 Å². The van der Waals surface area contributed by atoms with E-state index in [4.69, 9.17) is 0 Å². The van der Waals surface area contributed by atoms with Gasteiger partial charge in [0.05, 0.1) is 6.21 Å². The molecule has 4 rings (SSSR count). The number of hydrogen-bond acceptors (Lipinski definition) is 4. The molecule has 0 amide bonds. The minimum Gasteiger partial charge on any atom is -0.311 e. The van der Waals surface area contributed by atoms with E-state index < -0.39 is 0 Å². The van der Waals surface area contributed by atoms with Gasteiger partial charge in [-0.05, 0) is 42.0 Å². The molecule has 4 aromatic rings. The van der Waals surface area contributed by atoms with Crippen LogP contribution >= 0.6 is 0 Å². The van der Waals surface area contributed by atoms with E-state index >= 15 is 0 Å². The van der Waals surface area contributed by atoms with Crippen LogP contribution in [0.1, 0.15) is 5.56 Å². The number of hydrogen-bond donors (Lipinski definition) is 0. The van der Waals surface area contributed by atoms with Gasteiger partial charge in [0.15, 0.2) is 0 Å². The van der Waals surface area contributed by atoms with Crippen molar-refractivity contribution in [3.8, 4) is 0 Å². The molecule has 126 valence electrons. The summed E-state index contributed by atoms with van der Waals surface area (Å²) in [5.41, 5.74) is 4.32. The summed E-state index contributed by atoms with van der Waals surface area (Å²) in [7, 11) is 0. The number of anilines is 3. The molecule has 3 aromatic carbocycles. The van der Waals surface area contributed by atoms with Crippen molar-refractivity contribution < 1.29 is 0 Å². The first-order chi connectivity index (χ1) is 12.9. The van der Waals surface area contributed by atoms with E-state index in [0.29, 0.717) is 0 Å². The van der Waals surface area contributed by atoms with Crippen LogP contribution in [-0.4, -0.2) is 21.1 Å². The first-order valence-corrected chi connectivity index (χ1v) is 8.29. The van der Waals surface area contributed by atoms with Crippen molar-refractivity contribution in [2.75, 3.05) is 4.90 Å². The molecule has 0 N–H and O–H groups in total. The highest BCUT2D eigenvalue weighted by Gasteiger charge is 2.11. The van der Waals surface area contributed by atoms with Crippen LogP contribution in [0.5, 0.6) is 0 Å². The molecule has 0 saturated carbocycles. The van der Waals surface area contributed by atoms with E-state index in [0.717, 1.165) is 22.6 Å². The van der Waals surface area contributed by atoms with Crippen LogP contribution < -0.4 is 4.90 Å². The molecule has 0 saturated heterocycles. The third-order valence-corrected chi connectivity index (χ3v) is 3.93. The number of aromatic nitrogens is 3. The average Bonchev–Trinajstić information content (AvgIpc) is 3.23. The summed E-state index contributed by atoms with van der Waals surface area (Å²) in [6.07, 6.45) is 4.89. The van der Waals surface area contributed by atoms with Gasteiger partial charge in [0.1, 0.15) is 12.7 Å². The van der Waals surface area contributed by atoms with E-state index in [1.807, 2.05) is 48.5 Å². The molecule has 1 aromatic heterocycles. The molecule has 0 fully saturated rings. The van der Waals surface area contributed by atoms with Crippen LogP contribution in [0.4, 0.5) is 17.1 Å². The van der Waals surface area contributed by atoms with Crippen LogP contribution in [0, 0.1) is 0 Å². The van der Waals surface area contributed by atoms with Gasteiger partial charge in [-0.25, -0.2) is 4.68 Å². The van der Waals surface area contributed by atoms with Crippen LogP contribution in [0.3, 0.4) is 0 Å². The molecule has 0 bridgehead atoms. The second-order valence-electron chi connectivity index (χ2n) is 5.68. The summed E-state index contributed by atoms with van der Waals surface area (Å²) in [4.78, 5) is 2.22. The molecule has 5 heteroatoms. The van der Waals surface area contributed by atoms with Gasteiger partial charge in [-0.3, -0.25) is 0 Å². The second-order valence-corrected chi connectivity index (χ2v) is 5.68. The van der Waals surface area contributed by atoms with Crippen LogP contribution in [0.2, 0.25) is 0 Å². The van der Waals surface area contributed by atoms with Gasteiger partial charge in [-0.15, -0.1) is 10.2 Å². The second kappa shape index (κ2) is 7.44. The van der Waals surface area contributed by atoms with Crippen LogP contribution in [0.15, 0.2) is 103 Å². The Labute approximate surface area is 151 Å². The third-order valence-electron chi connectivity index (χ3n) is 3.93. The molecular formula is C21H17N5. The van der Waals surface area contributed by atoms with E-state index in [1.165, 1.54) is 0 Å². The highest BCUT2D eigenvalue weighted by Crippen LogP contribution is 2.33. The fourth-order valence-electron chi connectivity index (χ4n) is 2.70. The number of nitrogens with zero attached hydrogens (tertiary/aromatic N) is 5. The minimum absolute atomic E-state index is 1.00. The third kappa shape index (κ3) is 3.52. The summed E-state index contributed by atoms with van der Waals surface area (Å²) in [5.74, 6) is 0. The van der Waals surface area contributed by atoms with Crippen molar-refractivity contribution in [2.24, 2.45) is 5.10 Å². The summed E-state index contributed by atoms with van der Waals surface area (Å²) in [6, 6.07) is 28.9. The monoisotopic (exact) mass is 339 g/mol. The Morgan fingerprint density at radius 1 is 0.654 bits per heavy atom. The largest absolute Gasteiger partial charge is 0.311 e. The molecule has 0 radical (unpaired) electrons. The molecule has 0 aliphatic heterocycles. The first kappa shape index (κ1) is 15.8. The summed E-state index contributed by atoms with van der Waals surface area (Å²) in [6.45, 7) is 0. The molecule has 5 nitrogen and oxygen atoms in total. The number of benzene rings is 3. The Morgan fingerprint density at radius 3 is 1.69 bits per heavy atom. The highest BCUT2D eigenvalue weighted by molar-refractivity contribution is 5.82. The van der Waals surface area contributed by atoms with Crippen molar-refractivity contribution >= 4 is 23.3 Å². The van der Waals surface area contributed by atoms with Crippen molar-refractivity contribution in [3.63, 3.8) is 0 Å².